The highest BCUT2D eigenvalue weighted by atomic mass is 35.5. The monoisotopic (exact) mass is 326 g/mol. The number of nitrogens with zero attached hydrogens (tertiary/aromatic N) is 1. The molecule has 0 aromatic heterocycles. The van der Waals surface area contributed by atoms with Crippen LogP contribution in [-0.4, -0.2) is 43.7 Å². The molecule has 0 radical (unpaired) electrons. The molecule has 1 atom stereocenters. The van der Waals surface area contributed by atoms with E-state index >= 15 is 0 Å². The van der Waals surface area contributed by atoms with Gasteiger partial charge in [-0.3, -0.25) is 4.79 Å². The van der Waals surface area contributed by atoms with Crippen LogP contribution in [0.1, 0.15) is 30.6 Å². The molecule has 0 spiro atoms. The summed E-state index contributed by atoms with van der Waals surface area (Å²) in [6.45, 7) is 5.88. The quantitative estimate of drug-likeness (QED) is 0.903. The lowest BCUT2D eigenvalue weighted by Gasteiger charge is -2.18. The lowest BCUT2D eigenvalue weighted by molar-refractivity contribution is 0.0790. The number of halogens is 1. The predicted molar refractivity (Wildman–Crippen MR) is 86.8 cm³/mol. The van der Waals surface area contributed by atoms with E-state index in [1.54, 1.807) is 17.0 Å². The summed E-state index contributed by atoms with van der Waals surface area (Å²) < 4.78 is 11.0. The molecule has 1 amide bonds. The van der Waals surface area contributed by atoms with E-state index in [0.717, 1.165) is 6.42 Å². The standard InChI is InChI=1S/C16H23ClN2O3/c1-10(2)9-22-15-13(17)6-11(7-14(15)21-3)16(20)19-5-4-12(18)8-19/h6-7,10,12H,4-5,8-9,18H2,1-3H3/t12-/m1/s1. The molecule has 0 aliphatic carbocycles. The molecule has 1 saturated heterocycles. The fourth-order valence-electron chi connectivity index (χ4n) is 2.39. The molecule has 1 fully saturated rings. The van der Waals surface area contributed by atoms with Gasteiger partial charge in [-0.05, 0) is 24.5 Å². The van der Waals surface area contributed by atoms with Crippen molar-refractivity contribution >= 4 is 17.5 Å². The van der Waals surface area contributed by atoms with Crippen LogP contribution in [0.15, 0.2) is 12.1 Å². The number of ether oxygens (including phenoxy) is 2. The number of hydrogen-bond donors (Lipinski definition) is 1. The van der Waals surface area contributed by atoms with Crippen molar-refractivity contribution < 1.29 is 14.3 Å². The normalized spacial score (nSPS) is 17.9. The van der Waals surface area contributed by atoms with Gasteiger partial charge in [0.05, 0.1) is 18.7 Å². The van der Waals surface area contributed by atoms with Crippen molar-refractivity contribution in [2.75, 3.05) is 26.8 Å². The van der Waals surface area contributed by atoms with E-state index in [1.165, 1.54) is 7.11 Å². The van der Waals surface area contributed by atoms with E-state index in [-0.39, 0.29) is 11.9 Å². The van der Waals surface area contributed by atoms with Gasteiger partial charge in [0.25, 0.3) is 5.91 Å². The third-order valence-electron chi connectivity index (χ3n) is 3.55. The Morgan fingerprint density at radius 1 is 1.50 bits per heavy atom. The van der Waals surface area contributed by atoms with E-state index in [0.29, 0.717) is 47.7 Å². The van der Waals surface area contributed by atoms with E-state index < -0.39 is 0 Å². The molecule has 22 heavy (non-hydrogen) atoms. The summed E-state index contributed by atoms with van der Waals surface area (Å²) in [6.07, 6.45) is 0.826. The first kappa shape index (κ1) is 16.9. The summed E-state index contributed by atoms with van der Waals surface area (Å²) >= 11 is 6.28. The summed E-state index contributed by atoms with van der Waals surface area (Å²) in [5.74, 6) is 1.24. The number of carbonyl (C=O) groups excluding carboxylic acids is 1. The number of amides is 1. The first-order valence-corrected chi connectivity index (χ1v) is 7.85. The van der Waals surface area contributed by atoms with Gasteiger partial charge in [-0.25, -0.2) is 0 Å². The van der Waals surface area contributed by atoms with E-state index in [4.69, 9.17) is 26.8 Å². The average molecular weight is 327 g/mol. The minimum Gasteiger partial charge on any atom is -0.493 e. The maximum absolute atomic E-state index is 12.5. The van der Waals surface area contributed by atoms with E-state index in [2.05, 4.69) is 13.8 Å². The van der Waals surface area contributed by atoms with E-state index in [9.17, 15) is 4.79 Å². The first-order chi connectivity index (χ1) is 10.4. The average Bonchev–Trinajstić information content (AvgIpc) is 2.90. The van der Waals surface area contributed by atoms with Crippen LogP contribution in [0.5, 0.6) is 11.5 Å². The van der Waals surface area contributed by atoms with Crippen molar-refractivity contribution in [3.8, 4) is 11.5 Å². The summed E-state index contributed by atoms with van der Waals surface area (Å²) in [4.78, 5) is 14.2. The van der Waals surface area contributed by atoms with Crippen LogP contribution in [0.3, 0.4) is 0 Å². The molecule has 2 rings (SSSR count). The molecule has 1 heterocycles. The van der Waals surface area contributed by atoms with Gasteiger partial charge in [-0.2, -0.15) is 0 Å². The van der Waals surface area contributed by atoms with Crippen molar-refractivity contribution in [1.29, 1.82) is 0 Å². The van der Waals surface area contributed by atoms with Crippen LogP contribution in [0.2, 0.25) is 5.02 Å². The topological polar surface area (TPSA) is 64.8 Å². The summed E-state index contributed by atoms with van der Waals surface area (Å²) in [7, 11) is 1.54. The predicted octanol–water partition coefficient (Wildman–Crippen LogP) is 2.56. The van der Waals surface area contributed by atoms with Crippen LogP contribution in [-0.2, 0) is 0 Å². The second kappa shape index (κ2) is 7.20. The maximum atomic E-state index is 12.5. The van der Waals surface area contributed by atoms with Crippen molar-refractivity contribution in [2.24, 2.45) is 11.7 Å². The molecule has 6 heteroatoms. The number of nitrogens with two attached hydrogens (primary N) is 1. The number of carbonyl (C=O) groups is 1. The third-order valence-corrected chi connectivity index (χ3v) is 3.83. The van der Waals surface area contributed by atoms with Crippen molar-refractivity contribution in [2.45, 2.75) is 26.3 Å². The maximum Gasteiger partial charge on any atom is 0.254 e. The minimum atomic E-state index is -0.0800. The van der Waals surface area contributed by atoms with Gasteiger partial charge in [0.15, 0.2) is 11.5 Å². The molecule has 2 N–H and O–H groups in total. The fraction of sp³-hybridized carbons (Fsp3) is 0.562. The number of methoxy groups -OCH3 is 1. The largest absolute Gasteiger partial charge is 0.493 e. The Hall–Kier alpha value is -1.46. The minimum absolute atomic E-state index is 0.0509. The van der Waals surface area contributed by atoms with E-state index in [1.807, 2.05) is 0 Å². The molecular weight excluding hydrogens is 304 g/mol. The van der Waals surface area contributed by atoms with Crippen LogP contribution >= 0.6 is 11.6 Å². The highest BCUT2D eigenvalue weighted by Gasteiger charge is 2.26. The zero-order valence-corrected chi connectivity index (χ0v) is 14.0. The van der Waals surface area contributed by atoms with Gasteiger partial charge in [-0.15, -0.1) is 0 Å². The lowest BCUT2D eigenvalue weighted by Crippen LogP contribution is -2.31. The second-order valence-electron chi connectivity index (χ2n) is 5.99. The lowest BCUT2D eigenvalue weighted by atomic mass is 10.1. The first-order valence-electron chi connectivity index (χ1n) is 7.47. The fourth-order valence-corrected chi connectivity index (χ4v) is 2.65. The Bertz CT molecular complexity index is 548. The van der Waals surface area contributed by atoms with Crippen molar-refractivity contribution in [1.82, 2.24) is 4.90 Å². The Kier molecular flexibility index (Phi) is 5.53. The zero-order chi connectivity index (χ0) is 16.3. The van der Waals surface area contributed by atoms with Gasteiger partial charge in [-0.1, -0.05) is 25.4 Å². The summed E-state index contributed by atoms with van der Waals surface area (Å²) in [5.41, 5.74) is 6.35. The van der Waals surface area contributed by atoms with Gasteiger partial charge < -0.3 is 20.1 Å². The van der Waals surface area contributed by atoms with Crippen LogP contribution in [0, 0.1) is 5.92 Å². The highest BCUT2D eigenvalue weighted by Crippen LogP contribution is 2.37. The van der Waals surface area contributed by atoms with Crippen molar-refractivity contribution in [3.63, 3.8) is 0 Å². The second-order valence-corrected chi connectivity index (χ2v) is 6.40. The Morgan fingerprint density at radius 3 is 2.77 bits per heavy atom. The number of likely N-dealkylation sites (tertiary alicyclic amines) is 1. The molecule has 122 valence electrons. The van der Waals surface area contributed by atoms with Crippen LogP contribution in [0.25, 0.3) is 0 Å². The number of rotatable bonds is 5. The molecular formula is C16H23ClN2O3. The van der Waals surface area contributed by atoms with Gasteiger partial charge in [0.2, 0.25) is 0 Å². The Morgan fingerprint density at radius 2 is 2.23 bits per heavy atom. The Balaban J connectivity index is 2.23. The smallest absolute Gasteiger partial charge is 0.254 e. The molecule has 0 saturated carbocycles. The molecule has 1 aliphatic rings. The molecule has 0 unspecified atom stereocenters. The highest BCUT2D eigenvalue weighted by molar-refractivity contribution is 6.32. The van der Waals surface area contributed by atoms with Gasteiger partial charge >= 0.3 is 0 Å². The summed E-state index contributed by atoms with van der Waals surface area (Å²) in [6, 6.07) is 3.36. The Labute approximate surface area is 136 Å². The zero-order valence-electron chi connectivity index (χ0n) is 13.3. The molecule has 1 aliphatic heterocycles. The third kappa shape index (κ3) is 3.84. The molecule has 5 nitrogen and oxygen atoms in total. The van der Waals surface area contributed by atoms with Gasteiger partial charge in [0, 0.05) is 24.7 Å². The number of benzene rings is 1. The van der Waals surface area contributed by atoms with Crippen molar-refractivity contribution in [3.05, 3.63) is 22.7 Å². The number of hydrogen-bond acceptors (Lipinski definition) is 4. The van der Waals surface area contributed by atoms with Crippen LogP contribution in [0.4, 0.5) is 0 Å². The molecule has 1 aromatic rings. The molecule has 0 bridgehead atoms. The summed E-state index contributed by atoms with van der Waals surface area (Å²) in [5, 5.41) is 0.381. The van der Waals surface area contributed by atoms with Gasteiger partial charge in [0.1, 0.15) is 0 Å². The molecule has 1 aromatic carbocycles. The van der Waals surface area contributed by atoms with Crippen LogP contribution < -0.4 is 15.2 Å². The SMILES string of the molecule is COc1cc(C(=O)N2CC[C@@H](N)C2)cc(Cl)c1OCC(C)C.